The highest BCUT2D eigenvalue weighted by Gasteiger charge is 2.33. The number of phenols is 2. The van der Waals surface area contributed by atoms with E-state index in [1.54, 1.807) is 6.92 Å². The maximum atomic E-state index is 12.4. The van der Waals surface area contributed by atoms with Crippen molar-refractivity contribution in [2.24, 2.45) is 5.92 Å². The zero-order chi connectivity index (χ0) is 17.9. The van der Waals surface area contributed by atoms with Crippen molar-refractivity contribution in [3.8, 4) is 11.5 Å². The molecule has 0 saturated carbocycles. The van der Waals surface area contributed by atoms with Gasteiger partial charge in [0.05, 0.1) is 12.1 Å². The molecule has 1 aliphatic rings. The van der Waals surface area contributed by atoms with Crippen molar-refractivity contribution < 1.29 is 28.2 Å². The van der Waals surface area contributed by atoms with Gasteiger partial charge in [-0.2, -0.15) is 13.2 Å². The fraction of sp³-hybridized carbons (Fsp3) is 0.562. The minimum atomic E-state index is -4.19. The summed E-state index contributed by atoms with van der Waals surface area (Å²) in [7, 11) is 0. The molecule has 1 saturated heterocycles. The highest BCUT2D eigenvalue weighted by molar-refractivity contribution is 5.97. The van der Waals surface area contributed by atoms with Gasteiger partial charge < -0.3 is 15.5 Å². The Morgan fingerprint density at radius 2 is 1.96 bits per heavy atom. The summed E-state index contributed by atoms with van der Waals surface area (Å²) in [6.45, 7) is 1.56. The first-order chi connectivity index (χ1) is 11.2. The summed E-state index contributed by atoms with van der Waals surface area (Å²) >= 11 is 0. The van der Waals surface area contributed by atoms with E-state index in [1.807, 2.05) is 0 Å². The van der Waals surface area contributed by atoms with Gasteiger partial charge >= 0.3 is 6.18 Å². The van der Waals surface area contributed by atoms with E-state index in [0.717, 1.165) is 0 Å². The van der Waals surface area contributed by atoms with Gasteiger partial charge in [0.1, 0.15) is 0 Å². The summed E-state index contributed by atoms with van der Waals surface area (Å²) in [5.41, 5.74) is -0.0312. The molecule has 1 heterocycles. The summed E-state index contributed by atoms with van der Waals surface area (Å²) in [5.74, 6) is -1.32. The Hall–Kier alpha value is -1.96. The predicted molar refractivity (Wildman–Crippen MR) is 81.9 cm³/mol. The van der Waals surface area contributed by atoms with Crippen LogP contribution in [0.3, 0.4) is 0 Å². The third kappa shape index (κ3) is 4.77. The molecule has 0 unspecified atom stereocenters. The normalized spacial score (nSPS) is 18.3. The number of amides is 1. The number of halogens is 3. The fourth-order valence-corrected chi connectivity index (χ4v) is 2.98. The number of rotatable bonds is 4. The quantitative estimate of drug-likeness (QED) is 0.733. The molecule has 24 heavy (non-hydrogen) atoms. The van der Waals surface area contributed by atoms with E-state index in [2.05, 4.69) is 5.32 Å². The van der Waals surface area contributed by atoms with Gasteiger partial charge in [0, 0.05) is 6.04 Å². The number of para-hydroxylation sites is 1. The number of benzene rings is 1. The van der Waals surface area contributed by atoms with Crippen LogP contribution in [-0.4, -0.2) is 52.9 Å². The summed E-state index contributed by atoms with van der Waals surface area (Å²) in [6, 6.07) is 3.87. The molecule has 1 amide bonds. The zero-order valence-corrected chi connectivity index (χ0v) is 13.3. The minimum absolute atomic E-state index is 0.0312. The Morgan fingerprint density at radius 1 is 1.33 bits per heavy atom. The number of nitrogens with zero attached hydrogens (tertiary/aromatic N) is 1. The van der Waals surface area contributed by atoms with Crippen molar-refractivity contribution in [3.63, 3.8) is 0 Å². The van der Waals surface area contributed by atoms with Gasteiger partial charge in [-0.1, -0.05) is 6.07 Å². The molecular weight excluding hydrogens is 325 g/mol. The number of carbonyl (C=O) groups is 1. The molecule has 0 bridgehead atoms. The van der Waals surface area contributed by atoms with Crippen LogP contribution in [0.1, 0.15) is 30.1 Å². The molecule has 2 rings (SSSR count). The number of aromatic hydroxyl groups is 2. The van der Waals surface area contributed by atoms with Gasteiger partial charge in [0.2, 0.25) is 0 Å². The zero-order valence-electron chi connectivity index (χ0n) is 13.3. The van der Waals surface area contributed by atoms with E-state index < -0.39 is 24.4 Å². The number of nitrogens with one attached hydrogen (secondary N) is 1. The number of alkyl halides is 3. The Balaban J connectivity index is 1.88. The molecule has 8 heteroatoms. The van der Waals surface area contributed by atoms with Crippen molar-refractivity contribution in [2.75, 3.05) is 19.6 Å². The Bertz CT molecular complexity index is 584. The maximum absolute atomic E-state index is 12.4. The first-order valence-electron chi connectivity index (χ1n) is 7.78. The molecular formula is C16H21F3N2O3. The van der Waals surface area contributed by atoms with Gasteiger partial charge in [-0.15, -0.1) is 0 Å². The molecule has 1 fully saturated rings. The van der Waals surface area contributed by atoms with Crippen LogP contribution in [-0.2, 0) is 0 Å². The van der Waals surface area contributed by atoms with Crippen molar-refractivity contribution in [3.05, 3.63) is 23.8 Å². The lowest BCUT2D eigenvalue weighted by atomic mass is 9.90. The first-order valence-corrected chi connectivity index (χ1v) is 7.78. The molecule has 0 spiro atoms. The summed E-state index contributed by atoms with van der Waals surface area (Å²) in [5, 5.41) is 21.9. The number of phenolic OH excluding ortho intramolecular Hbond substituents is 2. The van der Waals surface area contributed by atoms with E-state index in [1.165, 1.54) is 23.1 Å². The largest absolute Gasteiger partial charge is 0.504 e. The highest BCUT2D eigenvalue weighted by Crippen LogP contribution is 2.29. The number of carbonyl (C=O) groups excluding carboxylic acids is 1. The van der Waals surface area contributed by atoms with Crippen LogP contribution in [0.25, 0.3) is 0 Å². The lowest BCUT2D eigenvalue weighted by Gasteiger charge is -2.35. The Morgan fingerprint density at radius 3 is 2.54 bits per heavy atom. The monoisotopic (exact) mass is 346 g/mol. The molecule has 0 aliphatic carbocycles. The van der Waals surface area contributed by atoms with Crippen LogP contribution < -0.4 is 5.32 Å². The Labute approximate surface area is 138 Å². The van der Waals surface area contributed by atoms with Crippen LogP contribution >= 0.6 is 0 Å². The second-order valence-electron chi connectivity index (χ2n) is 6.16. The molecule has 5 nitrogen and oxygen atoms in total. The molecule has 0 radical (unpaired) electrons. The van der Waals surface area contributed by atoms with Crippen LogP contribution in [0.4, 0.5) is 13.2 Å². The molecule has 1 aromatic carbocycles. The van der Waals surface area contributed by atoms with Crippen molar-refractivity contribution in [1.82, 2.24) is 10.2 Å². The average Bonchev–Trinajstić information content (AvgIpc) is 2.49. The van der Waals surface area contributed by atoms with Gasteiger partial charge in [0.15, 0.2) is 11.5 Å². The van der Waals surface area contributed by atoms with Gasteiger partial charge in [0.25, 0.3) is 5.91 Å². The minimum Gasteiger partial charge on any atom is -0.504 e. The van der Waals surface area contributed by atoms with E-state index >= 15 is 0 Å². The highest BCUT2D eigenvalue weighted by atomic mass is 19.4. The summed E-state index contributed by atoms with van der Waals surface area (Å²) < 4.78 is 37.1. The lowest BCUT2D eigenvalue weighted by Crippen LogP contribution is -2.46. The SMILES string of the molecule is C[C@H](NC(=O)c1cccc(O)c1O)C1CCN(CC(F)(F)F)CC1. The van der Waals surface area contributed by atoms with E-state index in [-0.39, 0.29) is 23.3 Å². The van der Waals surface area contributed by atoms with E-state index in [4.69, 9.17) is 0 Å². The third-order valence-corrected chi connectivity index (χ3v) is 4.36. The van der Waals surface area contributed by atoms with Gasteiger partial charge in [-0.25, -0.2) is 0 Å². The number of piperidine rings is 1. The molecule has 3 N–H and O–H groups in total. The average molecular weight is 346 g/mol. The lowest BCUT2D eigenvalue weighted by molar-refractivity contribution is -0.148. The molecule has 1 aliphatic heterocycles. The number of hydrogen-bond donors (Lipinski definition) is 3. The van der Waals surface area contributed by atoms with Crippen molar-refractivity contribution >= 4 is 5.91 Å². The van der Waals surface area contributed by atoms with Crippen LogP contribution in [0.5, 0.6) is 11.5 Å². The van der Waals surface area contributed by atoms with Crippen molar-refractivity contribution in [2.45, 2.75) is 32.0 Å². The maximum Gasteiger partial charge on any atom is 0.401 e. The Kier molecular flexibility index (Phi) is 5.58. The first kappa shape index (κ1) is 18.4. The standard InChI is InChI=1S/C16H21F3N2O3/c1-10(11-5-7-21(8-6-11)9-16(17,18)19)20-15(24)12-3-2-4-13(22)14(12)23/h2-4,10-11,22-23H,5-9H2,1H3,(H,20,24)/t10-/m0/s1. The van der Waals surface area contributed by atoms with Crippen LogP contribution in [0, 0.1) is 5.92 Å². The van der Waals surface area contributed by atoms with Crippen LogP contribution in [0.2, 0.25) is 0 Å². The number of likely N-dealkylation sites (tertiary alicyclic amines) is 1. The number of hydrogen-bond acceptors (Lipinski definition) is 4. The van der Waals surface area contributed by atoms with Crippen LogP contribution in [0.15, 0.2) is 18.2 Å². The third-order valence-electron chi connectivity index (χ3n) is 4.36. The van der Waals surface area contributed by atoms with Gasteiger partial charge in [-0.3, -0.25) is 9.69 Å². The smallest absolute Gasteiger partial charge is 0.401 e. The summed E-state index contributed by atoms with van der Waals surface area (Å²) in [4.78, 5) is 13.5. The summed E-state index contributed by atoms with van der Waals surface area (Å²) in [6.07, 6.45) is -3.08. The second-order valence-corrected chi connectivity index (χ2v) is 6.16. The predicted octanol–water partition coefficient (Wildman–Crippen LogP) is 2.49. The second kappa shape index (κ2) is 7.29. The molecule has 1 aromatic rings. The van der Waals surface area contributed by atoms with E-state index in [0.29, 0.717) is 25.9 Å². The van der Waals surface area contributed by atoms with Gasteiger partial charge in [-0.05, 0) is 50.9 Å². The van der Waals surface area contributed by atoms with E-state index in [9.17, 15) is 28.2 Å². The fourth-order valence-electron chi connectivity index (χ4n) is 2.98. The molecule has 1 atom stereocenters. The molecule has 0 aromatic heterocycles. The van der Waals surface area contributed by atoms with Crippen molar-refractivity contribution in [1.29, 1.82) is 0 Å². The molecule has 134 valence electrons. The topological polar surface area (TPSA) is 72.8 Å².